The van der Waals surface area contributed by atoms with E-state index in [0.717, 1.165) is 30.5 Å². The fourth-order valence-electron chi connectivity index (χ4n) is 3.21. The van der Waals surface area contributed by atoms with Crippen molar-refractivity contribution in [1.29, 1.82) is 0 Å². The summed E-state index contributed by atoms with van der Waals surface area (Å²) in [6.07, 6.45) is 2.49. The van der Waals surface area contributed by atoms with Crippen molar-refractivity contribution in [3.05, 3.63) is 28.3 Å². The first-order valence-electron chi connectivity index (χ1n) is 6.40. The van der Waals surface area contributed by atoms with E-state index in [1.807, 2.05) is 12.1 Å². The number of amides is 1. The van der Waals surface area contributed by atoms with E-state index in [1.165, 1.54) is 0 Å². The number of anilines is 1. The van der Waals surface area contributed by atoms with Gasteiger partial charge in [0.2, 0.25) is 5.91 Å². The SMILES string of the molecule is CC(O)c1cc2c(cc1Cl)C1CCCC1C(=O)N2. The number of aliphatic hydroxyl groups excluding tert-OH is 1. The van der Waals surface area contributed by atoms with Gasteiger partial charge in [-0.05, 0) is 43.4 Å². The Morgan fingerprint density at radius 1 is 1.39 bits per heavy atom. The van der Waals surface area contributed by atoms with E-state index in [-0.39, 0.29) is 11.8 Å². The van der Waals surface area contributed by atoms with Gasteiger partial charge < -0.3 is 10.4 Å². The number of benzene rings is 1. The van der Waals surface area contributed by atoms with E-state index in [0.29, 0.717) is 16.5 Å². The van der Waals surface area contributed by atoms with Gasteiger partial charge in [0.25, 0.3) is 0 Å². The lowest BCUT2D eigenvalue weighted by Crippen LogP contribution is -2.30. The summed E-state index contributed by atoms with van der Waals surface area (Å²) in [6.45, 7) is 1.68. The largest absolute Gasteiger partial charge is 0.389 e. The van der Waals surface area contributed by atoms with Gasteiger partial charge >= 0.3 is 0 Å². The molecule has 1 amide bonds. The molecule has 1 aromatic carbocycles. The highest BCUT2D eigenvalue weighted by molar-refractivity contribution is 6.31. The van der Waals surface area contributed by atoms with Gasteiger partial charge in [-0.15, -0.1) is 0 Å². The van der Waals surface area contributed by atoms with Crippen LogP contribution >= 0.6 is 11.6 Å². The van der Waals surface area contributed by atoms with Crippen LogP contribution in [0.15, 0.2) is 12.1 Å². The minimum Gasteiger partial charge on any atom is -0.389 e. The molecule has 0 aromatic heterocycles. The van der Waals surface area contributed by atoms with Crippen molar-refractivity contribution in [1.82, 2.24) is 0 Å². The Morgan fingerprint density at radius 3 is 2.83 bits per heavy atom. The van der Waals surface area contributed by atoms with Crippen LogP contribution in [0.5, 0.6) is 0 Å². The van der Waals surface area contributed by atoms with Crippen LogP contribution in [0, 0.1) is 5.92 Å². The van der Waals surface area contributed by atoms with Crippen molar-refractivity contribution in [3.8, 4) is 0 Å². The van der Waals surface area contributed by atoms with Crippen molar-refractivity contribution < 1.29 is 9.90 Å². The molecule has 1 aliphatic heterocycles. The highest BCUT2D eigenvalue weighted by Gasteiger charge is 2.39. The standard InChI is InChI=1S/C14H16ClNO2/c1-7(17)10-6-13-11(5-12(10)15)8-3-2-4-9(8)14(18)16-13/h5-9,17H,2-4H2,1H3,(H,16,18). The molecule has 1 aliphatic carbocycles. The lowest BCUT2D eigenvalue weighted by molar-refractivity contribution is -0.120. The number of hydrogen-bond acceptors (Lipinski definition) is 2. The molecule has 0 bridgehead atoms. The molecular weight excluding hydrogens is 250 g/mol. The Hall–Kier alpha value is -1.06. The van der Waals surface area contributed by atoms with Crippen LogP contribution in [0.4, 0.5) is 5.69 Å². The summed E-state index contributed by atoms with van der Waals surface area (Å²) in [6, 6.07) is 3.73. The third kappa shape index (κ3) is 1.73. The molecule has 4 heteroatoms. The van der Waals surface area contributed by atoms with Gasteiger partial charge in [0.05, 0.1) is 6.10 Å². The lowest BCUT2D eigenvalue weighted by Gasteiger charge is -2.29. The molecule has 1 heterocycles. The van der Waals surface area contributed by atoms with Gasteiger partial charge in [-0.2, -0.15) is 0 Å². The topological polar surface area (TPSA) is 49.3 Å². The second-order valence-electron chi connectivity index (χ2n) is 5.27. The van der Waals surface area contributed by atoms with Crippen LogP contribution in [0.3, 0.4) is 0 Å². The van der Waals surface area contributed by atoms with Gasteiger partial charge in [0, 0.05) is 22.2 Å². The number of carbonyl (C=O) groups excluding carboxylic acids is 1. The average molecular weight is 266 g/mol. The third-order valence-electron chi connectivity index (χ3n) is 4.13. The Balaban J connectivity index is 2.11. The molecule has 1 fully saturated rings. The molecule has 3 atom stereocenters. The summed E-state index contributed by atoms with van der Waals surface area (Å²) >= 11 is 6.21. The molecule has 1 saturated carbocycles. The van der Waals surface area contributed by atoms with Crippen molar-refractivity contribution in [2.75, 3.05) is 5.32 Å². The van der Waals surface area contributed by atoms with E-state index in [4.69, 9.17) is 11.6 Å². The summed E-state index contributed by atoms with van der Waals surface area (Å²) in [5, 5.41) is 13.2. The van der Waals surface area contributed by atoms with Crippen LogP contribution < -0.4 is 5.32 Å². The molecule has 0 radical (unpaired) electrons. The highest BCUT2D eigenvalue weighted by atomic mass is 35.5. The number of halogens is 1. The molecule has 1 aromatic rings. The molecule has 3 nitrogen and oxygen atoms in total. The van der Waals surface area contributed by atoms with Gasteiger partial charge in [0.1, 0.15) is 0 Å². The quantitative estimate of drug-likeness (QED) is 0.819. The van der Waals surface area contributed by atoms with E-state index >= 15 is 0 Å². The lowest BCUT2D eigenvalue weighted by atomic mass is 9.83. The highest BCUT2D eigenvalue weighted by Crippen LogP contribution is 2.47. The van der Waals surface area contributed by atoms with Crippen LogP contribution in [-0.2, 0) is 4.79 Å². The molecule has 2 aliphatic rings. The van der Waals surface area contributed by atoms with Gasteiger partial charge in [-0.25, -0.2) is 0 Å². The molecule has 18 heavy (non-hydrogen) atoms. The second-order valence-corrected chi connectivity index (χ2v) is 5.68. The molecule has 96 valence electrons. The zero-order valence-electron chi connectivity index (χ0n) is 10.2. The van der Waals surface area contributed by atoms with E-state index in [9.17, 15) is 9.90 Å². The van der Waals surface area contributed by atoms with Crippen molar-refractivity contribution in [3.63, 3.8) is 0 Å². The first-order chi connectivity index (χ1) is 8.58. The minimum atomic E-state index is -0.624. The van der Waals surface area contributed by atoms with Gasteiger partial charge in [0.15, 0.2) is 0 Å². The zero-order chi connectivity index (χ0) is 12.9. The summed E-state index contributed by atoms with van der Waals surface area (Å²) in [5.41, 5.74) is 2.63. The second kappa shape index (κ2) is 4.25. The smallest absolute Gasteiger partial charge is 0.228 e. The maximum atomic E-state index is 12.0. The number of fused-ring (bicyclic) bond motifs is 3. The van der Waals surface area contributed by atoms with E-state index < -0.39 is 6.10 Å². The predicted molar refractivity (Wildman–Crippen MR) is 70.8 cm³/mol. The minimum absolute atomic E-state index is 0.103. The summed E-state index contributed by atoms with van der Waals surface area (Å²) < 4.78 is 0. The molecule has 2 N–H and O–H groups in total. The van der Waals surface area contributed by atoms with Crippen LogP contribution in [0.2, 0.25) is 5.02 Å². The van der Waals surface area contributed by atoms with E-state index in [1.54, 1.807) is 6.92 Å². The van der Waals surface area contributed by atoms with E-state index in [2.05, 4.69) is 5.32 Å². The maximum Gasteiger partial charge on any atom is 0.228 e. The first kappa shape index (κ1) is 12.0. The Labute approximate surface area is 111 Å². The number of carbonyl (C=O) groups is 1. The fraction of sp³-hybridized carbons (Fsp3) is 0.500. The zero-order valence-corrected chi connectivity index (χ0v) is 11.0. The third-order valence-corrected chi connectivity index (χ3v) is 4.46. The first-order valence-corrected chi connectivity index (χ1v) is 6.78. The fourth-order valence-corrected chi connectivity index (χ4v) is 3.54. The number of aliphatic hydroxyl groups is 1. The number of nitrogens with one attached hydrogen (secondary N) is 1. The van der Waals surface area contributed by atoms with Gasteiger partial charge in [-0.1, -0.05) is 18.0 Å². The average Bonchev–Trinajstić information content (AvgIpc) is 2.79. The van der Waals surface area contributed by atoms with Crippen molar-refractivity contribution >= 4 is 23.2 Å². The predicted octanol–water partition coefficient (Wildman–Crippen LogP) is 3.23. The molecule has 0 saturated heterocycles. The van der Waals surface area contributed by atoms with Crippen molar-refractivity contribution in [2.24, 2.45) is 5.92 Å². The number of rotatable bonds is 1. The molecule has 3 unspecified atom stereocenters. The maximum absolute atomic E-state index is 12.0. The summed E-state index contributed by atoms with van der Waals surface area (Å²) in [5.74, 6) is 0.518. The molecular formula is C14H16ClNO2. The van der Waals surface area contributed by atoms with Crippen LogP contribution in [0.1, 0.15) is 49.3 Å². The number of hydrogen-bond donors (Lipinski definition) is 2. The Bertz CT molecular complexity index is 513. The molecule has 3 rings (SSSR count). The monoisotopic (exact) mass is 265 g/mol. The normalized spacial score (nSPS) is 27.4. The Kier molecular flexibility index (Phi) is 2.83. The Morgan fingerprint density at radius 2 is 2.11 bits per heavy atom. The van der Waals surface area contributed by atoms with Crippen molar-refractivity contribution in [2.45, 2.75) is 38.2 Å². The summed E-state index contributed by atoms with van der Waals surface area (Å²) in [4.78, 5) is 12.0. The van der Waals surface area contributed by atoms with Crippen LogP contribution in [-0.4, -0.2) is 11.0 Å². The van der Waals surface area contributed by atoms with Gasteiger partial charge in [-0.3, -0.25) is 4.79 Å². The van der Waals surface area contributed by atoms with Crippen LogP contribution in [0.25, 0.3) is 0 Å². The molecule has 0 spiro atoms. The summed E-state index contributed by atoms with van der Waals surface area (Å²) in [7, 11) is 0.